The molecule has 4 rings (SSSR count). The largest absolute Gasteiger partial charge is 0.489 e. The molecule has 3 atom stereocenters. The predicted molar refractivity (Wildman–Crippen MR) is 129 cm³/mol. The average molecular weight is 463 g/mol. The molecule has 0 radical (unpaired) electrons. The number of nitriles is 1. The fourth-order valence-corrected chi connectivity index (χ4v) is 4.44. The Kier molecular flexibility index (Phi) is 6.68. The summed E-state index contributed by atoms with van der Waals surface area (Å²) in [6.45, 7) is 8.83. The highest BCUT2D eigenvalue weighted by Crippen LogP contribution is 2.33. The van der Waals surface area contributed by atoms with E-state index in [9.17, 15) is 10.1 Å². The quantitative estimate of drug-likeness (QED) is 0.548. The number of ether oxygens (including phenoxy) is 2. The lowest BCUT2D eigenvalue weighted by Crippen LogP contribution is -2.51. The lowest BCUT2D eigenvalue weighted by Gasteiger charge is -2.43. The number of nitrogens with zero attached hydrogens (tertiary/aromatic N) is 6. The summed E-state index contributed by atoms with van der Waals surface area (Å²) < 4.78 is 13.4. The number of fused-ring (bicyclic) bond motifs is 1. The average Bonchev–Trinajstić information content (AvgIpc) is 2.82. The molecule has 1 fully saturated rings. The molecule has 0 aliphatic carbocycles. The van der Waals surface area contributed by atoms with Crippen molar-refractivity contribution >= 4 is 16.9 Å². The van der Waals surface area contributed by atoms with Gasteiger partial charge in [-0.25, -0.2) is 14.8 Å². The van der Waals surface area contributed by atoms with Gasteiger partial charge in [0, 0.05) is 38.0 Å². The van der Waals surface area contributed by atoms with E-state index in [0.717, 1.165) is 12.8 Å². The highest BCUT2D eigenvalue weighted by Gasteiger charge is 2.36. The topological polar surface area (TPSA) is 106 Å². The van der Waals surface area contributed by atoms with Crippen molar-refractivity contribution in [1.82, 2.24) is 19.5 Å². The van der Waals surface area contributed by atoms with E-state index in [2.05, 4.69) is 39.8 Å². The lowest BCUT2D eigenvalue weighted by molar-refractivity contribution is 0.0908. The monoisotopic (exact) mass is 462 g/mol. The number of pyridine rings is 2. The normalized spacial score (nSPS) is 20.4. The summed E-state index contributed by atoms with van der Waals surface area (Å²) in [6.07, 6.45) is 3.37. The zero-order chi connectivity index (χ0) is 24.4. The molecule has 3 aromatic heterocycles. The van der Waals surface area contributed by atoms with Gasteiger partial charge in [0.1, 0.15) is 29.1 Å². The van der Waals surface area contributed by atoms with Crippen LogP contribution >= 0.6 is 0 Å². The van der Waals surface area contributed by atoms with Crippen molar-refractivity contribution in [2.45, 2.75) is 58.8 Å². The molecule has 34 heavy (non-hydrogen) atoms. The van der Waals surface area contributed by atoms with Gasteiger partial charge < -0.3 is 14.4 Å². The van der Waals surface area contributed by atoms with Crippen LogP contribution in [-0.4, -0.2) is 44.3 Å². The fourth-order valence-electron chi connectivity index (χ4n) is 4.44. The Morgan fingerprint density at radius 1 is 1.24 bits per heavy atom. The summed E-state index contributed by atoms with van der Waals surface area (Å²) in [6, 6.07) is 9.21. The molecule has 0 bridgehead atoms. The van der Waals surface area contributed by atoms with Gasteiger partial charge in [0.25, 0.3) is 0 Å². The minimum Gasteiger partial charge on any atom is -0.489 e. The van der Waals surface area contributed by atoms with Crippen LogP contribution in [0.5, 0.6) is 11.6 Å². The van der Waals surface area contributed by atoms with Crippen LogP contribution in [0.25, 0.3) is 11.0 Å². The molecule has 9 heteroatoms. The summed E-state index contributed by atoms with van der Waals surface area (Å²) in [4.78, 5) is 28.0. The first-order valence-electron chi connectivity index (χ1n) is 11.6. The first-order chi connectivity index (χ1) is 16.3. The van der Waals surface area contributed by atoms with E-state index in [1.807, 2.05) is 26.0 Å². The molecule has 0 unspecified atom stereocenters. The van der Waals surface area contributed by atoms with Crippen molar-refractivity contribution in [3.8, 4) is 17.7 Å². The first-order valence-corrected chi connectivity index (χ1v) is 11.6. The second-order valence-electron chi connectivity index (χ2n) is 9.01. The van der Waals surface area contributed by atoms with Crippen molar-refractivity contribution < 1.29 is 9.47 Å². The van der Waals surface area contributed by atoms with Gasteiger partial charge in [-0.2, -0.15) is 10.2 Å². The van der Waals surface area contributed by atoms with Crippen molar-refractivity contribution in [3.63, 3.8) is 0 Å². The van der Waals surface area contributed by atoms with E-state index < -0.39 is 0 Å². The number of hydrogen-bond donors (Lipinski definition) is 0. The maximum absolute atomic E-state index is 12.6. The summed E-state index contributed by atoms with van der Waals surface area (Å²) in [5.74, 6) is 2.00. The van der Waals surface area contributed by atoms with Gasteiger partial charge in [-0.15, -0.1) is 0 Å². The number of anilines is 1. The Hall–Kier alpha value is -3.67. The van der Waals surface area contributed by atoms with Crippen molar-refractivity contribution in [3.05, 3.63) is 46.6 Å². The van der Waals surface area contributed by atoms with Crippen LogP contribution in [0, 0.1) is 17.2 Å². The molecule has 1 aliphatic heterocycles. The van der Waals surface area contributed by atoms with Gasteiger partial charge in [0.15, 0.2) is 5.82 Å². The molecule has 178 valence electrons. The molecule has 1 saturated heterocycles. The van der Waals surface area contributed by atoms with E-state index >= 15 is 0 Å². The Labute approximate surface area is 199 Å². The second kappa shape index (κ2) is 9.67. The van der Waals surface area contributed by atoms with Crippen LogP contribution in [-0.2, 0) is 7.05 Å². The van der Waals surface area contributed by atoms with E-state index in [0.29, 0.717) is 40.7 Å². The standard InChI is InChI=1S/C25H30N6O3/c1-6-17-14-31(24-23-20(30(5)25(32)29-24)9-7-18(12-26)28-23)16(4)11-21(17)34-22-10-8-19(13-27-22)33-15(2)3/h7-10,13,15-17,21H,6,11,14H2,1-5H3/t16-,17-,21+/m1/s1. The molecule has 4 heterocycles. The minimum absolute atomic E-state index is 0.0268. The summed E-state index contributed by atoms with van der Waals surface area (Å²) in [5.41, 5.74) is 1.16. The first kappa shape index (κ1) is 23.5. The van der Waals surface area contributed by atoms with Crippen LogP contribution in [0.4, 0.5) is 5.82 Å². The Morgan fingerprint density at radius 3 is 2.68 bits per heavy atom. The SMILES string of the molecule is CC[C@@H]1CN(c2nc(=O)n(C)c3ccc(C#N)nc23)[C@H](C)C[C@@H]1Oc1ccc(OC(C)C)cn1. The number of rotatable bonds is 6. The third kappa shape index (κ3) is 4.67. The molecular formula is C25H30N6O3. The zero-order valence-corrected chi connectivity index (χ0v) is 20.2. The third-order valence-corrected chi connectivity index (χ3v) is 6.26. The van der Waals surface area contributed by atoms with Crippen molar-refractivity contribution in [1.29, 1.82) is 5.26 Å². The number of piperidine rings is 1. The van der Waals surface area contributed by atoms with E-state index in [4.69, 9.17) is 9.47 Å². The maximum atomic E-state index is 12.6. The molecule has 0 N–H and O–H groups in total. The van der Waals surface area contributed by atoms with E-state index in [-0.39, 0.29) is 29.9 Å². The van der Waals surface area contributed by atoms with Gasteiger partial charge in [-0.05, 0) is 45.4 Å². The maximum Gasteiger partial charge on any atom is 0.349 e. The molecule has 3 aromatic rings. The van der Waals surface area contributed by atoms with Crippen molar-refractivity contribution in [2.24, 2.45) is 13.0 Å². The zero-order valence-electron chi connectivity index (χ0n) is 20.2. The van der Waals surface area contributed by atoms with Crippen LogP contribution in [0.2, 0.25) is 0 Å². The molecule has 0 amide bonds. The highest BCUT2D eigenvalue weighted by atomic mass is 16.5. The lowest BCUT2D eigenvalue weighted by atomic mass is 9.88. The van der Waals surface area contributed by atoms with Gasteiger partial charge >= 0.3 is 5.69 Å². The van der Waals surface area contributed by atoms with Crippen LogP contribution < -0.4 is 20.1 Å². The van der Waals surface area contributed by atoms with Crippen LogP contribution in [0.1, 0.15) is 46.2 Å². The van der Waals surface area contributed by atoms with Gasteiger partial charge in [-0.3, -0.25) is 4.57 Å². The second-order valence-corrected chi connectivity index (χ2v) is 9.01. The summed E-state index contributed by atoms with van der Waals surface area (Å²) in [7, 11) is 1.66. The molecular weight excluding hydrogens is 432 g/mol. The highest BCUT2D eigenvalue weighted by molar-refractivity contribution is 5.86. The molecule has 0 saturated carbocycles. The molecule has 1 aliphatic rings. The molecule has 0 spiro atoms. The predicted octanol–water partition coefficient (Wildman–Crippen LogP) is 3.45. The van der Waals surface area contributed by atoms with Crippen LogP contribution in [0.3, 0.4) is 0 Å². The molecule has 0 aromatic carbocycles. The van der Waals surface area contributed by atoms with Crippen LogP contribution in [0.15, 0.2) is 35.3 Å². The van der Waals surface area contributed by atoms with Gasteiger partial charge in [0.2, 0.25) is 5.88 Å². The smallest absolute Gasteiger partial charge is 0.349 e. The summed E-state index contributed by atoms with van der Waals surface area (Å²) >= 11 is 0. The molecule has 9 nitrogen and oxygen atoms in total. The van der Waals surface area contributed by atoms with E-state index in [1.165, 1.54) is 4.57 Å². The van der Waals surface area contributed by atoms with Gasteiger partial charge in [0.05, 0.1) is 17.8 Å². The number of aryl methyl sites for hydroxylation is 1. The Balaban J connectivity index is 1.61. The number of aromatic nitrogens is 4. The summed E-state index contributed by atoms with van der Waals surface area (Å²) in [5, 5.41) is 9.34. The Morgan fingerprint density at radius 2 is 2.03 bits per heavy atom. The fraction of sp³-hybridized carbons (Fsp3) is 0.480. The van der Waals surface area contributed by atoms with Gasteiger partial charge in [-0.1, -0.05) is 6.92 Å². The van der Waals surface area contributed by atoms with E-state index in [1.54, 1.807) is 25.4 Å². The Bertz CT molecular complexity index is 1260. The van der Waals surface area contributed by atoms with Crippen molar-refractivity contribution in [2.75, 3.05) is 11.4 Å². The third-order valence-electron chi connectivity index (χ3n) is 6.26. The minimum atomic E-state index is -0.347. The number of hydrogen-bond acceptors (Lipinski definition) is 8.